The molecule has 6 nitrogen and oxygen atoms in total. The van der Waals surface area contributed by atoms with E-state index in [1.54, 1.807) is 23.1 Å². The fourth-order valence-corrected chi connectivity index (χ4v) is 4.01. The van der Waals surface area contributed by atoms with Gasteiger partial charge in [0.05, 0.1) is 6.54 Å². The fourth-order valence-electron chi connectivity index (χ4n) is 4.01. The smallest absolute Gasteiger partial charge is 0.273 e. The van der Waals surface area contributed by atoms with E-state index in [-0.39, 0.29) is 35.9 Å². The first-order valence-corrected chi connectivity index (χ1v) is 12.6. The highest BCUT2D eigenvalue weighted by Gasteiger charge is 2.21. The zero-order valence-corrected chi connectivity index (χ0v) is 21.9. The summed E-state index contributed by atoms with van der Waals surface area (Å²) in [5.74, 6) is -0.466. The number of carbonyl (C=O) groups excluding carboxylic acids is 2. The Labute approximate surface area is 222 Å². The Bertz CT molecular complexity index is 1360. The first-order chi connectivity index (χ1) is 18.2. The molecule has 0 unspecified atom stereocenters. The van der Waals surface area contributed by atoms with Gasteiger partial charge < -0.3 is 14.7 Å². The summed E-state index contributed by atoms with van der Waals surface area (Å²) in [5.41, 5.74) is 3.72. The van der Waals surface area contributed by atoms with Crippen LogP contribution in [0.25, 0.3) is 0 Å². The summed E-state index contributed by atoms with van der Waals surface area (Å²) >= 11 is 0. The van der Waals surface area contributed by atoms with Gasteiger partial charge in [-0.1, -0.05) is 80.5 Å². The molecular weight excluding hydrogens is 481 g/mol. The molecule has 0 aliphatic carbocycles. The molecule has 2 amide bonds. The highest BCUT2D eigenvalue weighted by molar-refractivity contribution is 5.94. The number of nitrogens with zero attached hydrogens (tertiary/aromatic N) is 2. The predicted octanol–water partition coefficient (Wildman–Crippen LogP) is 5.93. The molecule has 0 fully saturated rings. The molecule has 3 aromatic carbocycles. The lowest BCUT2D eigenvalue weighted by molar-refractivity contribution is 0.0729. The van der Waals surface area contributed by atoms with Gasteiger partial charge in [-0.15, -0.1) is 0 Å². The van der Waals surface area contributed by atoms with E-state index < -0.39 is 5.91 Å². The molecule has 0 saturated heterocycles. The van der Waals surface area contributed by atoms with Gasteiger partial charge in [-0.2, -0.15) is 0 Å². The number of aromatic nitrogens is 1. The third-order valence-corrected chi connectivity index (χ3v) is 6.30. The zero-order valence-electron chi connectivity index (χ0n) is 21.9. The molecule has 38 heavy (non-hydrogen) atoms. The SMILES string of the molecule is CC(C)(C)c1ccc(C(=O)N(CCc2ccccc2)Cc2cc(C(=O)NCc3ccc(F)cc3)no2)cc1. The molecule has 1 heterocycles. The van der Waals surface area contributed by atoms with Crippen molar-refractivity contribution in [2.75, 3.05) is 6.54 Å². The molecule has 1 N–H and O–H groups in total. The maximum Gasteiger partial charge on any atom is 0.273 e. The van der Waals surface area contributed by atoms with Crippen LogP contribution >= 0.6 is 0 Å². The van der Waals surface area contributed by atoms with E-state index in [1.807, 2.05) is 54.6 Å². The molecule has 0 atom stereocenters. The van der Waals surface area contributed by atoms with Gasteiger partial charge in [-0.3, -0.25) is 9.59 Å². The lowest BCUT2D eigenvalue weighted by Gasteiger charge is -2.23. The Morgan fingerprint density at radius 1 is 0.921 bits per heavy atom. The van der Waals surface area contributed by atoms with Crippen molar-refractivity contribution < 1.29 is 18.5 Å². The number of hydrogen-bond donors (Lipinski definition) is 1. The van der Waals surface area contributed by atoms with Crippen molar-refractivity contribution in [3.8, 4) is 0 Å². The van der Waals surface area contributed by atoms with E-state index in [2.05, 4.69) is 31.2 Å². The Kier molecular flexibility index (Phi) is 8.36. The number of halogens is 1. The molecule has 1 aromatic heterocycles. The monoisotopic (exact) mass is 513 g/mol. The van der Waals surface area contributed by atoms with E-state index in [1.165, 1.54) is 12.1 Å². The minimum Gasteiger partial charge on any atom is -0.359 e. The van der Waals surface area contributed by atoms with Crippen LogP contribution < -0.4 is 5.32 Å². The van der Waals surface area contributed by atoms with Crippen LogP contribution in [0, 0.1) is 5.82 Å². The third kappa shape index (κ3) is 7.16. The Morgan fingerprint density at radius 2 is 1.61 bits per heavy atom. The molecule has 0 spiro atoms. The molecule has 4 aromatic rings. The summed E-state index contributed by atoms with van der Waals surface area (Å²) in [7, 11) is 0. The summed E-state index contributed by atoms with van der Waals surface area (Å²) < 4.78 is 18.5. The second-order valence-corrected chi connectivity index (χ2v) is 10.3. The van der Waals surface area contributed by atoms with Gasteiger partial charge in [0.15, 0.2) is 11.5 Å². The zero-order chi connectivity index (χ0) is 27.1. The highest BCUT2D eigenvalue weighted by atomic mass is 19.1. The first-order valence-electron chi connectivity index (χ1n) is 12.6. The maximum atomic E-state index is 13.5. The fraction of sp³-hybridized carbons (Fsp3) is 0.258. The number of nitrogens with one attached hydrogen (secondary N) is 1. The quantitative estimate of drug-likeness (QED) is 0.301. The topological polar surface area (TPSA) is 75.4 Å². The normalized spacial score (nSPS) is 11.3. The molecule has 4 rings (SSSR count). The van der Waals surface area contributed by atoms with Crippen LogP contribution in [0.2, 0.25) is 0 Å². The van der Waals surface area contributed by atoms with E-state index in [0.717, 1.165) is 16.7 Å². The third-order valence-electron chi connectivity index (χ3n) is 6.30. The van der Waals surface area contributed by atoms with Gasteiger partial charge in [0.2, 0.25) is 0 Å². The van der Waals surface area contributed by atoms with Crippen LogP contribution in [0.1, 0.15) is 64.1 Å². The summed E-state index contributed by atoms with van der Waals surface area (Å²) in [6, 6.07) is 25.1. The maximum absolute atomic E-state index is 13.5. The van der Waals surface area contributed by atoms with Gasteiger partial charge >= 0.3 is 0 Å². The first kappa shape index (κ1) is 26.8. The van der Waals surface area contributed by atoms with Crippen molar-refractivity contribution >= 4 is 11.8 Å². The standard InChI is InChI=1S/C31H32FN3O3/c1-31(2,3)25-13-11-24(12-14-25)30(37)35(18-17-22-7-5-4-6-8-22)21-27-19-28(34-38-27)29(36)33-20-23-9-15-26(32)16-10-23/h4-16,19H,17-18,20-21H2,1-3H3,(H,33,36). The highest BCUT2D eigenvalue weighted by Crippen LogP contribution is 2.23. The molecule has 0 radical (unpaired) electrons. The van der Waals surface area contributed by atoms with E-state index >= 15 is 0 Å². The second kappa shape index (κ2) is 11.9. The average Bonchev–Trinajstić information content (AvgIpc) is 3.39. The molecule has 0 aliphatic rings. The molecule has 0 aliphatic heterocycles. The van der Waals surface area contributed by atoms with Crippen molar-refractivity contribution in [2.45, 2.75) is 45.7 Å². The summed E-state index contributed by atoms with van der Waals surface area (Å²) in [4.78, 5) is 27.8. The van der Waals surface area contributed by atoms with Crippen molar-refractivity contribution in [1.29, 1.82) is 0 Å². The van der Waals surface area contributed by atoms with Crippen molar-refractivity contribution in [1.82, 2.24) is 15.4 Å². The number of hydrogen-bond acceptors (Lipinski definition) is 4. The van der Waals surface area contributed by atoms with Gasteiger partial charge in [-0.05, 0) is 52.8 Å². The van der Waals surface area contributed by atoms with E-state index in [0.29, 0.717) is 24.3 Å². The number of benzene rings is 3. The van der Waals surface area contributed by atoms with Crippen LogP contribution in [0.15, 0.2) is 89.5 Å². The van der Waals surface area contributed by atoms with Crippen LogP contribution in [0.3, 0.4) is 0 Å². The molecule has 7 heteroatoms. The van der Waals surface area contributed by atoms with Gasteiger partial charge in [0.25, 0.3) is 11.8 Å². The van der Waals surface area contributed by atoms with Gasteiger partial charge in [-0.25, -0.2) is 4.39 Å². The summed E-state index contributed by atoms with van der Waals surface area (Å²) in [6.45, 7) is 7.27. The largest absolute Gasteiger partial charge is 0.359 e. The Balaban J connectivity index is 1.46. The van der Waals surface area contributed by atoms with Crippen molar-refractivity contribution in [2.24, 2.45) is 0 Å². The minimum absolute atomic E-state index is 0.0118. The molecular formula is C31H32FN3O3. The van der Waals surface area contributed by atoms with Crippen LogP contribution in [-0.4, -0.2) is 28.4 Å². The number of rotatable bonds is 9. The van der Waals surface area contributed by atoms with Crippen molar-refractivity contribution in [3.05, 3.63) is 124 Å². The van der Waals surface area contributed by atoms with Gasteiger partial charge in [0.1, 0.15) is 5.82 Å². The molecule has 0 bridgehead atoms. The van der Waals surface area contributed by atoms with E-state index in [9.17, 15) is 14.0 Å². The Hall–Kier alpha value is -4.26. The average molecular weight is 514 g/mol. The number of carbonyl (C=O) groups is 2. The minimum atomic E-state index is -0.413. The van der Waals surface area contributed by atoms with Crippen LogP contribution in [-0.2, 0) is 24.9 Å². The summed E-state index contributed by atoms with van der Waals surface area (Å²) in [6.07, 6.45) is 0.672. The summed E-state index contributed by atoms with van der Waals surface area (Å²) in [5, 5.41) is 6.65. The lowest BCUT2D eigenvalue weighted by Crippen LogP contribution is -2.32. The molecule has 196 valence electrons. The Morgan fingerprint density at radius 3 is 2.26 bits per heavy atom. The van der Waals surface area contributed by atoms with Gasteiger partial charge in [0, 0.05) is 24.7 Å². The molecule has 0 saturated carbocycles. The lowest BCUT2D eigenvalue weighted by atomic mass is 9.86. The predicted molar refractivity (Wildman–Crippen MR) is 144 cm³/mol. The van der Waals surface area contributed by atoms with E-state index in [4.69, 9.17) is 4.52 Å². The van der Waals surface area contributed by atoms with Crippen molar-refractivity contribution in [3.63, 3.8) is 0 Å². The van der Waals surface area contributed by atoms with Crippen LogP contribution in [0.5, 0.6) is 0 Å². The second-order valence-electron chi connectivity index (χ2n) is 10.3. The number of amides is 2. The van der Waals surface area contributed by atoms with Crippen LogP contribution in [0.4, 0.5) is 4.39 Å².